The number of hydrogen-bond acceptors (Lipinski definition) is 0. The summed E-state index contributed by atoms with van der Waals surface area (Å²) in [6, 6.07) is 5.05. The molecule has 0 aromatic rings. The molecule has 21 heavy (non-hydrogen) atoms. The summed E-state index contributed by atoms with van der Waals surface area (Å²) in [4.78, 5) is 0. The smallest absolute Gasteiger partial charge is 0.0368 e. The Labute approximate surface area is 143 Å². The van der Waals surface area contributed by atoms with Crippen molar-refractivity contribution in [2.75, 3.05) is 5.33 Å². The normalized spacial score (nSPS) is 34.0. The molecule has 2 aliphatic rings. The molecule has 0 spiro atoms. The Bertz CT molecular complexity index is 252. The quantitative estimate of drug-likeness (QED) is 0.249. The van der Waals surface area contributed by atoms with Crippen molar-refractivity contribution in [3.63, 3.8) is 0 Å². The summed E-state index contributed by atoms with van der Waals surface area (Å²) in [7, 11) is -0.284. The van der Waals surface area contributed by atoms with Gasteiger partial charge in [0.1, 0.15) is 0 Å². The zero-order chi connectivity index (χ0) is 14.9. The first-order valence-corrected chi connectivity index (χ1v) is 13.5. The maximum Gasteiger partial charge on any atom is 0.0368 e. The lowest BCUT2D eigenvalue weighted by Crippen LogP contribution is -2.28. The van der Waals surface area contributed by atoms with Crippen LogP contribution in [-0.2, 0) is 0 Å². The summed E-state index contributed by atoms with van der Waals surface area (Å²) in [6.07, 6.45) is 16.8. The number of rotatable bonds is 8. The molecule has 1 aliphatic carbocycles. The molecule has 0 bridgehead atoms. The second kappa shape index (κ2) is 10.5. The fourth-order valence-electron chi connectivity index (χ4n) is 4.95. The first-order chi connectivity index (χ1) is 10.3. The van der Waals surface area contributed by atoms with E-state index >= 15 is 0 Å². The first-order valence-electron chi connectivity index (χ1n) is 9.89. The van der Waals surface area contributed by atoms with E-state index in [2.05, 4.69) is 22.9 Å². The van der Waals surface area contributed by atoms with Crippen LogP contribution in [0.15, 0.2) is 0 Å². The summed E-state index contributed by atoms with van der Waals surface area (Å²) in [6.45, 7) is 2.34. The topological polar surface area (TPSA) is 0 Å². The number of halogens is 1. The van der Waals surface area contributed by atoms with Gasteiger partial charge < -0.3 is 0 Å². The summed E-state index contributed by atoms with van der Waals surface area (Å²) < 4.78 is 0. The van der Waals surface area contributed by atoms with Gasteiger partial charge in [0.25, 0.3) is 0 Å². The first kappa shape index (κ1) is 18.0. The van der Waals surface area contributed by atoms with Crippen LogP contribution in [0.5, 0.6) is 0 Å². The average Bonchev–Trinajstić information content (AvgIpc) is 2.54. The predicted molar refractivity (Wildman–Crippen MR) is 102 cm³/mol. The Morgan fingerprint density at radius 2 is 1.52 bits per heavy atom. The molecule has 0 atom stereocenters. The van der Waals surface area contributed by atoms with Crippen LogP contribution in [0.2, 0.25) is 18.1 Å². The summed E-state index contributed by atoms with van der Waals surface area (Å²) in [5, 5.41) is 1.21. The van der Waals surface area contributed by atoms with Gasteiger partial charge in [0, 0.05) is 14.1 Å². The molecule has 1 aliphatic heterocycles. The Morgan fingerprint density at radius 1 is 0.857 bits per heavy atom. The molecular formula is C19H37BrSi. The minimum atomic E-state index is -0.284. The maximum atomic E-state index is 3.58. The van der Waals surface area contributed by atoms with Gasteiger partial charge in [0.2, 0.25) is 0 Å². The molecule has 0 nitrogen and oxygen atoms in total. The second-order valence-corrected chi connectivity index (χ2v) is 12.1. The Balaban J connectivity index is 1.60. The van der Waals surface area contributed by atoms with Crippen LogP contribution in [0.3, 0.4) is 0 Å². The van der Waals surface area contributed by atoms with Gasteiger partial charge >= 0.3 is 0 Å². The largest absolute Gasteiger partial charge is 0.0928 e. The van der Waals surface area contributed by atoms with Crippen molar-refractivity contribution in [3.05, 3.63) is 0 Å². The highest BCUT2D eigenvalue weighted by Crippen LogP contribution is 2.41. The van der Waals surface area contributed by atoms with Gasteiger partial charge in [-0.3, -0.25) is 0 Å². The fourth-order valence-corrected chi connectivity index (χ4v) is 8.80. The highest BCUT2D eigenvalue weighted by atomic mass is 79.9. The van der Waals surface area contributed by atoms with Crippen molar-refractivity contribution in [3.8, 4) is 0 Å². The molecule has 0 N–H and O–H groups in total. The van der Waals surface area contributed by atoms with Crippen LogP contribution in [-0.4, -0.2) is 14.1 Å². The highest BCUT2D eigenvalue weighted by molar-refractivity contribution is 9.09. The molecule has 124 valence electrons. The van der Waals surface area contributed by atoms with Gasteiger partial charge in [0.15, 0.2) is 0 Å². The van der Waals surface area contributed by atoms with Crippen molar-refractivity contribution in [1.82, 2.24) is 0 Å². The predicted octanol–water partition coefficient (Wildman–Crippen LogP) is 6.80. The monoisotopic (exact) mass is 372 g/mol. The van der Waals surface area contributed by atoms with Crippen LogP contribution in [0.25, 0.3) is 0 Å². The van der Waals surface area contributed by atoms with Crippen LogP contribution >= 0.6 is 15.9 Å². The van der Waals surface area contributed by atoms with E-state index in [0.29, 0.717) is 0 Å². The summed E-state index contributed by atoms with van der Waals surface area (Å²) in [5.41, 5.74) is 0. The Morgan fingerprint density at radius 3 is 2.14 bits per heavy atom. The molecule has 2 fully saturated rings. The molecule has 0 amide bonds. The van der Waals surface area contributed by atoms with Crippen molar-refractivity contribution in [1.29, 1.82) is 0 Å². The molecule has 0 radical (unpaired) electrons. The third kappa shape index (κ3) is 6.37. The van der Waals surface area contributed by atoms with Crippen LogP contribution in [0, 0.1) is 17.8 Å². The van der Waals surface area contributed by atoms with Crippen molar-refractivity contribution in [2.24, 2.45) is 17.8 Å². The fraction of sp³-hybridized carbons (Fsp3) is 1.00. The van der Waals surface area contributed by atoms with E-state index in [9.17, 15) is 0 Å². The minimum Gasteiger partial charge on any atom is -0.0928 e. The summed E-state index contributed by atoms with van der Waals surface area (Å²) >= 11 is 3.58. The Kier molecular flexibility index (Phi) is 8.99. The van der Waals surface area contributed by atoms with Crippen molar-refractivity contribution >= 4 is 24.7 Å². The molecule has 0 aromatic heterocycles. The molecule has 0 unspecified atom stereocenters. The number of hydrogen-bond donors (Lipinski definition) is 0. The standard InChI is InChI=1S/C19H37BrSi/c1-2-3-4-14-21-15-11-19(12-16-21)18-9-7-17(8-10-18)6-5-13-20/h17-19,21H,2-16H2,1H3/t17-,18-,19?,21?. The van der Waals surface area contributed by atoms with Gasteiger partial charge in [-0.25, -0.2) is 0 Å². The van der Waals surface area contributed by atoms with E-state index in [4.69, 9.17) is 0 Å². The van der Waals surface area contributed by atoms with Gasteiger partial charge in [-0.15, -0.1) is 0 Å². The van der Waals surface area contributed by atoms with E-state index in [1.807, 2.05) is 0 Å². The van der Waals surface area contributed by atoms with Crippen molar-refractivity contribution < 1.29 is 0 Å². The van der Waals surface area contributed by atoms with Gasteiger partial charge in [0.05, 0.1) is 0 Å². The van der Waals surface area contributed by atoms with Crippen LogP contribution in [0.1, 0.15) is 77.6 Å². The SMILES string of the molecule is CCCCC[SiH]1CCC([C@H]2CC[C@H](CCCBr)CC2)CC1. The molecule has 1 saturated carbocycles. The van der Waals surface area contributed by atoms with E-state index in [0.717, 1.165) is 17.8 Å². The molecule has 2 rings (SSSR count). The maximum absolute atomic E-state index is 3.58. The van der Waals surface area contributed by atoms with Gasteiger partial charge in [-0.1, -0.05) is 85.9 Å². The lowest BCUT2D eigenvalue weighted by Gasteiger charge is -2.37. The lowest BCUT2D eigenvalue weighted by molar-refractivity contribution is 0.186. The van der Waals surface area contributed by atoms with Crippen LogP contribution in [0.4, 0.5) is 0 Å². The molecule has 2 heteroatoms. The Hall–Kier alpha value is 0.697. The van der Waals surface area contributed by atoms with Gasteiger partial charge in [-0.05, 0) is 43.4 Å². The molecule has 0 aromatic carbocycles. The molecule has 1 heterocycles. The number of alkyl halides is 1. The average molecular weight is 373 g/mol. The second-order valence-electron chi connectivity index (χ2n) is 7.89. The van der Waals surface area contributed by atoms with Crippen molar-refractivity contribution in [2.45, 2.75) is 95.7 Å². The molecule has 1 saturated heterocycles. The minimum absolute atomic E-state index is 0.284. The van der Waals surface area contributed by atoms with Gasteiger partial charge in [-0.2, -0.15) is 0 Å². The number of unbranched alkanes of at least 4 members (excludes halogenated alkanes) is 2. The van der Waals surface area contributed by atoms with E-state index in [-0.39, 0.29) is 8.80 Å². The molecular weight excluding hydrogens is 336 g/mol. The zero-order valence-electron chi connectivity index (χ0n) is 14.3. The van der Waals surface area contributed by atoms with E-state index in [1.165, 1.54) is 31.0 Å². The van der Waals surface area contributed by atoms with Crippen LogP contribution < -0.4 is 0 Å². The van der Waals surface area contributed by atoms with E-state index < -0.39 is 0 Å². The third-order valence-electron chi connectivity index (χ3n) is 6.41. The lowest BCUT2D eigenvalue weighted by atomic mass is 9.73. The zero-order valence-corrected chi connectivity index (χ0v) is 17.0. The summed E-state index contributed by atoms with van der Waals surface area (Å²) in [5.74, 6) is 3.33. The third-order valence-corrected chi connectivity index (χ3v) is 10.5. The highest BCUT2D eigenvalue weighted by Gasteiger charge is 2.30. The van der Waals surface area contributed by atoms with E-state index in [1.54, 1.807) is 63.1 Å².